The van der Waals surface area contributed by atoms with Crippen LogP contribution in [0.25, 0.3) is 11.3 Å². The summed E-state index contributed by atoms with van der Waals surface area (Å²) >= 11 is 0. The molecule has 0 saturated heterocycles. The number of anilines is 1. The zero-order chi connectivity index (χ0) is 18.6. The summed E-state index contributed by atoms with van der Waals surface area (Å²) < 4.78 is 38.0. The lowest BCUT2D eigenvalue weighted by atomic mass is 10.1. The van der Waals surface area contributed by atoms with Crippen LogP contribution in [0, 0.1) is 0 Å². The number of nitrogens with zero attached hydrogens (tertiary/aromatic N) is 4. The Hall–Kier alpha value is -3.03. The van der Waals surface area contributed by atoms with Crippen LogP contribution in [0.3, 0.4) is 0 Å². The third kappa shape index (κ3) is 4.53. The second kappa shape index (κ2) is 7.47. The first-order chi connectivity index (χ1) is 12.4. The molecule has 0 amide bonds. The van der Waals surface area contributed by atoms with Gasteiger partial charge in [-0.15, -0.1) is 5.10 Å². The third-order valence-electron chi connectivity index (χ3n) is 3.68. The van der Waals surface area contributed by atoms with Gasteiger partial charge in [0.15, 0.2) is 0 Å². The lowest BCUT2D eigenvalue weighted by Crippen LogP contribution is -2.20. The van der Waals surface area contributed by atoms with E-state index in [1.54, 1.807) is 6.20 Å². The van der Waals surface area contributed by atoms with E-state index in [2.05, 4.69) is 25.5 Å². The molecule has 134 valence electrons. The van der Waals surface area contributed by atoms with Crippen molar-refractivity contribution < 1.29 is 13.2 Å². The maximum atomic E-state index is 12.7. The number of pyridine rings is 1. The Morgan fingerprint density at radius 1 is 1.08 bits per heavy atom. The number of rotatable bonds is 5. The van der Waals surface area contributed by atoms with Crippen molar-refractivity contribution in [2.45, 2.75) is 25.6 Å². The third-order valence-corrected chi connectivity index (χ3v) is 3.68. The van der Waals surface area contributed by atoms with Crippen molar-refractivity contribution >= 4 is 5.95 Å². The summed E-state index contributed by atoms with van der Waals surface area (Å²) in [6.45, 7) is 1.96. The predicted molar refractivity (Wildman–Crippen MR) is 91.3 cm³/mol. The van der Waals surface area contributed by atoms with E-state index < -0.39 is 11.7 Å². The number of aromatic nitrogens is 4. The van der Waals surface area contributed by atoms with Gasteiger partial charge in [-0.25, -0.2) is 4.98 Å². The van der Waals surface area contributed by atoms with E-state index in [0.717, 1.165) is 17.8 Å². The van der Waals surface area contributed by atoms with Gasteiger partial charge in [0, 0.05) is 29.9 Å². The van der Waals surface area contributed by atoms with Gasteiger partial charge in [0.05, 0.1) is 17.5 Å². The van der Waals surface area contributed by atoms with E-state index in [9.17, 15) is 13.2 Å². The van der Waals surface area contributed by atoms with Gasteiger partial charge in [-0.2, -0.15) is 18.3 Å². The number of halogens is 3. The van der Waals surface area contributed by atoms with Gasteiger partial charge in [-0.3, -0.25) is 4.98 Å². The fourth-order valence-corrected chi connectivity index (χ4v) is 2.44. The molecule has 2 aromatic heterocycles. The van der Waals surface area contributed by atoms with E-state index in [1.165, 1.54) is 18.3 Å². The van der Waals surface area contributed by atoms with Gasteiger partial charge in [0.2, 0.25) is 5.95 Å². The van der Waals surface area contributed by atoms with Crippen LogP contribution in [0.15, 0.2) is 54.9 Å². The first-order valence-corrected chi connectivity index (χ1v) is 7.95. The van der Waals surface area contributed by atoms with Crippen LogP contribution in [0.1, 0.15) is 18.2 Å². The SMILES string of the molecule is CC(Cc1ccccn1)Nc1nncc(-c2ccc(C(F)(F)F)cc2)n1. The lowest BCUT2D eigenvalue weighted by molar-refractivity contribution is -0.137. The van der Waals surface area contributed by atoms with Crippen molar-refractivity contribution in [3.63, 3.8) is 0 Å². The summed E-state index contributed by atoms with van der Waals surface area (Å²) in [5, 5.41) is 10.9. The fraction of sp³-hybridized carbons (Fsp3) is 0.222. The van der Waals surface area contributed by atoms with Crippen molar-refractivity contribution in [2.24, 2.45) is 0 Å². The molecule has 8 heteroatoms. The summed E-state index contributed by atoms with van der Waals surface area (Å²) in [7, 11) is 0. The average molecular weight is 359 g/mol. The molecule has 1 N–H and O–H groups in total. The van der Waals surface area contributed by atoms with Crippen LogP contribution in [0.2, 0.25) is 0 Å². The maximum absolute atomic E-state index is 12.7. The molecule has 1 unspecified atom stereocenters. The van der Waals surface area contributed by atoms with Gasteiger partial charge in [0.25, 0.3) is 0 Å². The maximum Gasteiger partial charge on any atom is 0.416 e. The summed E-state index contributed by atoms with van der Waals surface area (Å²) in [4.78, 5) is 8.60. The Morgan fingerprint density at radius 2 is 1.85 bits per heavy atom. The summed E-state index contributed by atoms with van der Waals surface area (Å²) in [6.07, 6.45) is -0.548. The van der Waals surface area contributed by atoms with Gasteiger partial charge in [-0.1, -0.05) is 18.2 Å². The number of benzene rings is 1. The van der Waals surface area contributed by atoms with Crippen LogP contribution in [-0.4, -0.2) is 26.2 Å². The number of hydrogen-bond acceptors (Lipinski definition) is 5. The molecule has 3 rings (SSSR count). The molecule has 5 nitrogen and oxygen atoms in total. The molecule has 1 atom stereocenters. The Bertz CT molecular complexity index is 851. The summed E-state index contributed by atoms with van der Waals surface area (Å²) in [5.74, 6) is 0.311. The molecule has 3 aromatic rings. The Balaban J connectivity index is 1.72. The number of alkyl halides is 3. The minimum Gasteiger partial charge on any atom is -0.350 e. The molecule has 0 radical (unpaired) electrons. The average Bonchev–Trinajstić information content (AvgIpc) is 2.62. The molecule has 0 aliphatic heterocycles. The highest BCUT2D eigenvalue weighted by Crippen LogP contribution is 2.30. The molecule has 2 heterocycles. The topological polar surface area (TPSA) is 63.6 Å². The van der Waals surface area contributed by atoms with E-state index >= 15 is 0 Å². The van der Waals surface area contributed by atoms with Gasteiger partial charge in [-0.05, 0) is 31.2 Å². The summed E-state index contributed by atoms with van der Waals surface area (Å²) in [5.41, 5.74) is 1.21. The molecule has 0 bridgehead atoms. The van der Waals surface area contributed by atoms with Crippen molar-refractivity contribution in [3.05, 3.63) is 66.1 Å². The van der Waals surface area contributed by atoms with E-state index in [0.29, 0.717) is 23.6 Å². The minimum atomic E-state index is -4.37. The Kier molecular flexibility index (Phi) is 5.11. The first kappa shape index (κ1) is 17.8. The predicted octanol–water partition coefficient (Wildman–Crippen LogP) is 4.00. The highest BCUT2D eigenvalue weighted by Gasteiger charge is 2.30. The highest BCUT2D eigenvalue weighted by atomic mass is 19.4. The largest absolute Gasteiger partial charge is 0.416 e. The molecule has 0 spiro atoms. The van der Waals surface area contributed by atoms with Gasteiger partial charge >= 0.3 is 6.18 Å². The Morgan fingerprint density at radius 3 is 2.50 bits per heavy atom. The van der Waals surface area contributed by atoms with Crippen molar-refractivity contribution in [1.82, 2.24) is 20.2 Å². The molecule has 0 aliphatic carbocycles. The number of hydrogen-bond donors (Lipinski definition) is 1. The monoisotopic (exact) mass is 359 g/mol. The lowest BCUT2D eigenvalue weighted by Gasteiger charge is -2.13. The standard InChI is InChI=1S/C18H16F3N5/c1-12(10-15-4-2-3-9-22-15)24-17-25-16(11-23-26-17)13-5-7-14(8-6-13)18(19,20)21/h2-9,11-12H,10H2,1H3,(H,24,25,26). The van der Waals surface area contributed by atoms with Gasteiger partial charge < -0.3 is 5.32 Å². The summed E-state index contributed by atoms with van der Waals surface area (Å²) in [6, 6.07) is 10.5. The molecule has 0 fully saturated rings. The van der Waals surface area contributed by atoms with E-state index in [1.807, 2.05) is 25.1 Å². The van der Waals surface area contributed by atoms with Crippen LogP contribution < -0.4 is 5.32 Å². The van der Waals surface area contributed by atoms with E-state index in [4.69, 9.17) is 0 Å². The zero-order valence-electron chi connectivity index (χ0n) is 13.9. The molecule has 0 aliphatic rings. The molecule has 1 aromatic carbocycles. The van der Waals surface area contributed by atoms with Crippen LogP contribution >= 0.6 is 0 Å². The minimum absolute atomic E-state index is 0.00885. The molecular weight excluding hydrogens is 343 g/mol. The fourth-order valence-electron chi connectivity index (χ4n) is 2.44. The molecular formula is C18H16F3N5. The number of nitrogens with one attached hydrogen (secondary N) is 1. The molecule has 0 saturated carbocycles. The zero-order valence-corrected chi connectivity index (χ0v) is 13.9. The second-order valence-corrected chi connectivity index (χ2v) is 5.81. The first-order valence-electron chi connectivity index (χ1n) is 7.95. The van der Waals surface area contributed by atoms with Crippen LogP contribution in [0.5, 0.6) is 0 Å². The molecule has 26 heavy (non-hydrogen) atoms. The quantitative estimate of drug-likeness (QED) is 0.746. The van der Waals surface area contributed by atoms with Crippen LogP contribution in [-0.2, 0) is 12.6 Å². The smallest absolute Gasteiger partial charge is 0.350 e. The highest BCUT2D eigenvalue weighted by molar-refractivity contribution is 5.59. The van der Waals surface area contributed by atoms with Crippen molar-refractivity contribution in [3.8, 4) is 11.3 Å². The van der Waals surface area contributed by atoms with Gasteiger partial charge in [0.1, 0.15) is 0 Å². The van der Waals surface area contributed by atoms with Crippen molar-refractivity contribution in [1.29, 1.82) is 0 Å². The van der Waals surface area contributed by atoms with Crippen molar-refractivity contribution in [2.75, 3.05) is 5.32 Å². The van der Waals surface area contributed by atoms with Crippen LogP contribution in [0.4, 0.5) is 19.1 Å². The Labute approximate surface area is 148 Å². The normalized spacial score (nSPS) is 12.6. The van der Waals surface area contributed by atoms with E-state index in [-0.39, 0.29) is 6.04 Å². The second-order valence-electron chi connectivity index (χ2n) is 5.81.